The summed E-state index contributed by atoms with van der Waals surface area (Å²) in [5.74, 6) is 0.877. The number of pyridine rings is 1. The van der Waals surface area contributed by atoms with Crippen LogP contribution in [0.2, 0.25) is 0 Å². The number of aryl methyl sites for hydroxylation is 1. The van der Waals surface area contributed by atoms with E-state index < -0.39 is 0 Å². The molecule has 0 amide bonds. The molecule has 0 spiro atoms. The van der Waals surface area contributed by atoms with Crippen LogP contribution < -0.4 is 4.90 Å². The fourth-order valence-corrected chi connectivity index (χ4v) is 5.18. The van der Waals surface area contributed by atoms with Crippen LogP contribution in [-0.4, -0.2) is 4.98 Å². The minimum Gasteiger partial charge on any atom is -0.294 e. The summed E-state index contributed by atoms with van der Waals surface area (Å²) in [4.78, 5) is 7.13. The van der Waals surface area contributed by atoms with Crippen molar-refractivity contribution in [1.29, 1.82) is 0 Å². The molecule has 1 aromatic heterocycles. The van der Waals surface area contributed by atoms with Gasteiger partial charge in [-0.25, -0.2) is 4.98 Å². The van der Waals surface area contributed by atoms with Crippen LogP contribution in [0.3, 0.4) is 0 Å². The van der Waals surface area contributed by atoms with Gasteiger partial charge in [-0.2, -0.15) is 0 Å². The van der Waals surface area contributed by atoms with E-state index in [-0.39, 0.29) is 0 Å². The van der Waals surface area contributed by atoms with Crippen LogP contribution in [0.1, 0.15) is 17.5 Å². The number of rotatable bonds is 4. The molecule has 0 N–H and O–H groups in total. The fourth-order valence-electron chi connectivity index (χ4n) is 4.85. The normalized spacial score (nSPS) is 12.5. The van der Waals surface area contributed by atoms with Crippen molar-refractivity contribution in [2.24, 2.45) is 0 Å². The highest BCUT2D eigenvalue weighted by Gasteiger charge is 2.19. The van der Waals surface area contributed by atoms with Gasteiger partial charge in [0.05, 0.1) is 5.69 Å². The number of aromatic nitrogens is 1. The number of fused-ring (bicyclic) bond motifs is 3. The first-order chi connectivity index (χ1) is 16.8. The van der Waals surface area contributed by atoms with Gasteiger partial charge in [-0.15, -0.1) is 0 Å². The molecule has 1 aliphatic carbocycles. The molecule has 1 heterocycles. The molecule has 164 valence electrons. The highest BCUT2D eigenvalue weighted by molar-refractivity contribution is 9.10. The quantitative estimate of drug-likeness (QED) is 0.227. The minimum absolute atomic E-state index is 0.815. The molecular formula is C31H23BrN2. The lowest BCUT2D eigenvalue weighted by Gasteiger charge is -2.27. The Morgan fingerprint density at radius 3 is 2.47 bits per heavy atom. The summed E-state index contributed by atoms with van der Waals surface area (Å²) >= 11 is 3.58. The van der Waals surface area contributed by atoms with Crippen LogP contribution in [0.25, 0.3) is 28.0 Å². The number of benzene rings is 4. The van der Waals surface area contributed by atoms with Gasteiger partial charge in [-0.1, -0.05) is 84.9 Å². The Morgan fingerprint density at radius 2 is 1.59 bits per heavy atom. The lowest BCUT2D eigenvalue weighted by Crippen LogP contribution is -2.13. The molecule has 6 rings (SSSR count). The van der Waals surface area contributed by atoms with Crippen LogP contribution in [0, 0.1) is 0 Å². The standard InChI is InChI=1S/C31H23BrN2/c32-30-15-8-16-31(33-30)34(29-14-7-6-13-27(29)22-9-2-1-3-10-22)25-20-19-24-18-17-23-11-4-5-12-26(23)28(24)21-25/h1-4,6-11,13-21H,5,12H2. The highest BCUT2D eigenvalue weighted by Crippen LogP contribution is 2.41. The van der Waals surface area contributed by atoms with Crippen molar-refractivity contribution in [3.63, 3.8) is 0 Å². The molecule has 2 nitrogen and oxygen atoms in total. The number of nitrogens with zero attached hydrogens (tertiary/aromatic N) is 2. The number of para-hydroxylation sites is 1. The summed E-state index contributed by atoms with van der Waals surface area (Å²) in [7, 11) is 0. The molecule has 3 heteroatoms. The molecule has 4 aromatic carbocycles. The van der Waals surface area contributed by atoms with Crippen LogP contribution in [0.5, 0.6) is 0 Å². The third kappa shape index (κ3) is 3.82. The van der Waals surface area contributed by atoms with Crippen molar-refractivity contribution in [2.75, 3.05) is 4.90 Å². The summed E-state index contributed by atoms with van der Waals surface area (Å²) in [6.45, 7) is 0. The van der Waals surface area contributed by atoms with E-state index in [1.807, 2.05) is 12.1 Å². The lowest BCUT2D eigenvalue weighted by atomic mass is 9.91. The van der Waals surface area contributed by atoms with E-state index in [4.69, 9.17) is 4.98 Å². The van der Waals surface area contributed by atoms with E-state index in [1.165, 1.54) is 33.0 Å². The molecule has 5 aromatic rings. The Bertz CT molecular complexity index is 1520. The summed E-state index contributed by atoms with van der Waals surface area (Å²) in [6, 6.07) is 36.4. The second kappa shape index (κ2) is 8.92. The van der Waals surface area contributed by atoms with Crippen molar-refractivity contribution in [3.8, 4) is 11.1 Å². The SMILES string of the molecule is Brc1cccc(N(c2ccc3ccc4c(c3c2)CCC=C4)c2ccccc2-c2ccccc2)n1. The van der Waals surface area contributed by atoms with E-state index in [1.54, 1.807) is 0 Å². The minimum atomic E-state index is 0.815. The number of allylic oxidation sites excluding steroid dienone is 1. The van der Waals surface area contributed by atoms with Crippen molar-refractivity contribution < 1.29 is 0 Å². The molecule has 0 aliphatic heterocycles. The lowest BCUT2D eigenvalue weighted by molar-refractivity contribution is 0.997. The maximum absolute atomic E-state index is 4.86. The number of halogens is 1. The van der Waals surface area contributed by atoms with Crippen molar-refractivity contribution >= 4 is 50.0 Å². The summed E-state index contributed by atoms with van der Waals surface area (Å²) < 4.78 is 0.815. The van der Waals surface area contributed by atoms with Gasteiger partial charge in [0.2, 0.25) is 0 Å². The zero-order chi connectivity index (χ0) is 22.9. The fraction of sp³-hybridized carbons (Fsp3) is 0.0645. The van der Waals surface area contributed by atoms with Gasteiger partial charge in [0.1, 0.15) is 10.4 Å². The van der Waals surface area contributed by atoms with E-state index in [9.17, 15) is 0 Å². The van der Waals surface area contributed by atoms with Crippen LogP contribution in [0.15, 0.2) is 114 Å². The molecule has 0 saturated heterocycles. The Hall–Kier alpha value is -3.69. The number of hydrogen-bond donors (Lipinski definition) is 0. The molecule has 1 aliphatic rings. The molecule has 0 bridgehead atoms. The zero-order valence-corrected chi connectivity index (χ0v) is 20.2. The second-order valence-corrected chi connectivity index (χ2v) is 9.33. The van der Waals surface area contributed by atoms with Gasteiger partial charge in [0.15, 0.2) is 0 Å². The first-order valence-electron chi connectivity index (χ1n) is 11.6. The predicted molar refractivity (Wildman–Crippen MR) is 147 cm³/mol. The van der Waals surface area contributed by atoms with Crippen LogP contribution >= 0.6 is 15.9 Å². The Kier molecular flexibility index (Phi) is 5.48. The van der Waals surface area contributed by atoms with E-state index in [0.717, 1.165) is 34.6 Å². The Balaban J connectivity index is 1.60. The van der Waals surface area contributed by atoms with Crippen molar-refractivity contribution in [2.45, 2.75) is 12.8 Å². The number of anilines is 3. The highest BCUT2D eigenvalue weighted by atomic mass is 79.9. The third-order valence-corrected chi connectivity index (χ3v) is 6.87. The largest absolute Gasteiger partial charge is 0.294 e. The van der Waals surface area contributed by atoms with Crippen molar-refractivity contribution in [3.05, 3.63) is 125 Å². The zero-order valence-electron chi connectivity index (χ0n) is 18.7. The summed E-state index contributed by atoms with van der Waals surface area (Å²) in [5, 5.41) is 2.59. The smallest absolute Gasteiger partial charge is 0.138 e. The predicted octanol–water partition coefficient (Wildman–Crippen LogP) is 9.09. The van der Waals surface area contributed by atoms with E-state index >= 15 is 0 Å². The Morgan fingerprint density at radius 1 is 0.765 bits per heavy atom. The van der Waals surface area contributed by atoms with Gasteiger partial charge in [-0.3, -0.25) is 4.90 Å². The van der Waals surface area contributed by atoms with Gasteiger partial charge in [0.25, 0.3) is 0 Å². The maximum Gasteiger partial charge on any atom is 0.138 e. The van der Waals surface area contributed by atoms with Crippen molar-refractivity contribution in [1.82, 2.24) is 4.98 Å². The third-order valence-electron chi connectivity index (χ3n) is 6.43. The average molecular weight is 503 g/mol. The maximum atomic E-state index is 4.86. The van der Waals surface area contributed by atoms with E-state index in [2.05, 4.69) is 124 Å². The van der Waals surface area contributed by atoms with Crippen LogP contribution in [0.4, 0.5) is 17.2 Å². The van der Waals surface area contributed by atoms with Gasteiger partial charge < -0.3 is 0 Å². The summed E-state index contributed by atoms with van der Waals surface area (Å²) in [6.07, 6.45) is 6.68. The molecule has 34 heavy (non-hydrogen) atoms. The van der Waals surface area contributed by atoms with E-state index in [0.29, 0.717) is 0 Å². The van der Waals surface area contributed by atoms with Gasteiger partial charge >= 0.3 is 0 Å². The number of hydrogen-bond acceptors (Lipinski definition) is 2. The second-order valence-electron chi connectivity index (χ2n) is 8.52. The Labute approximate surface area is 208 Å². The van der Waals surface area contributed by atoms with Crippen LogP contribution in [-0.2, 0) is 6.42 Å². The molecule has 0 radical (unpaired) electrons. The molecular weight excluding hydrogens is 480 g/mol. The van der Waals surface area contributed by atoms with Gasteiger partial charge in [-0.05, 0) is 86.6 Å². The molecule has 0 atom stereocenters. The first kappa shape index (κ1) is 20.9. The average Bonchev–Trinajstić information content (AvgIpc) is 2.90. The molecule has 0 unspecified atom stereocenters. The van der Waals surface area contributed by atoms with Gasteiger partial charge in [0, 0.05) is 11.3 Å². The monoisotopic (exact) mass is 502 g/mol. The molecule has 0 saturated carbocycles. The topological polar surface area (TPSA) is 16.1 Å². The first-order valence-corrected chi connectivity index (χ1v) is 12.4. The molecule has 0 fully saturated rings. The summed E-state index contributed by atoms with van der Waals surface area (Å²) in [5.41, 5.74) is 7.31.